The lowest BCUT2D eigenvalue weighted by Gasteiger charge is -2.20. The van der Waals surface area contributed by atoms with Gasteiger partial charge in [0, 0.05) is 53.6 Å². The number of hydrogen-bond donors (Lipinski definition) is 3. The lowest BCUT2D eigenvalue weighted by atomic mass is 9.98. The summed E-state index contributed by atoms with van der Waals surface area (Å²) in [4.78, 5) is 43.2. The van der Waals surface area contributed by atoms with Crippen LogP contribution in [0.5, 0.6) is 0 Å². The first-order chi connectivity index (χ1) is 21.7. The predicted octanol–water partition coefficient (Wildman–Crippen LogP) is 5.53. The molecule has 240 valence electrons. The van der Waals surface area contributed by atoms with Gasteiger partial charge in [0.15, 0.2) is 0 Å². The van der Waals surface area contributed by atoms with Gasteiger partial charge in [-0.15, -0.1) is 0 Å². The highest BCUT2D eigenvalue weighted by atomic mass is 32.2. The number of aromatic nitrogens is 1. The number of pyridine rings is 1. The minimum atomic E-state index is -0.764. The topological polar surface area (TPSA) is 109 Å². The molecule has 2 aromatic carbocycles. The van der Waals surface area contributed by atoms with Crippen LogP contribution in [-0.2, 0) is 22.4 Å². The fourth-order valence-electron chi connectivity index (χ4n) is 5.05. The number of benzene rings is 2. The third-order valence-electron chi connectivity index (χ3n) is 7.41. The summed E-state index contributed by atoms with van der Waals surface area (Å²) in [7, 11) is 0. The second-order valence-corrected chi connectivity index (χ2v) is 13.5. The van der Waals surface area contributed by atoms with Crippen molar-refractivity contribution in [2.75, 3.05) is 30.4 Å². The summed E-state index contributed by atoms with van der Waals surface area (Å²) in [5, 5.41) is 10.0. The first-order valence-corrected chi connectivity index (χ1v) is 17.4. The van der Waals surface area contributed by atoms with E-state index in [9.17, 15) is 18.8 Å². The molecule has 0 aliphatic carbocycles. The van der Waals surface area contributed by atoms with Gasteiger partial charge in [-0.25, -0.2) is 9.18 Å². The summed E-state index contributed by atoms with van der Waals surface area (Å²) < 4.78 is 18.9. The monoisotopic (exact) mass is 652 g/mol. The molecule has 3 N–H and O–H groups in total. The molecule has 11 heteroatoms. The third kappa shape index (κ3) is 10.9. The first-order valence-electron chi connectivity index (χ1n) is 15.2. The Balaban J connectivity index is 1.44. The number of anilines is 1. The van der Waals surface area contributed by atoms with Gasteiger partial charge in [-0.3, -0.25) is 14.6 Å². The number of carbonyl (C=O) groups is 3. The zero-order chi connectivity index (χ0) is 32.2. The lowest BCUT2D eigenvalue weighted by molar-refractivity contribution is -0.149. The molecule has 1 saturated heterocycles. The van der Waals surface area contributed by atoms with E-state index < -0.39 is 12.0 Å². The van der Waals surface area contributed by atoms with Gasteiger partial charge < -0.3 is 20.7 Å². The van der Waals surface area contributed by atoms with Gasteiger partial charge in [0.05, 0.1) is 6.10 Å². The predicted molar refractivity (Wildman–Crippen MR) is 181 cm³/mol. The maximum absolute atomic E-state index is 13.7. The molecular weight excluding hydrogens is 612 g/mol. The van der Waals surface area contributed by atoms with Crippen LogP contribution in [0, 0.1) is 5.82 Å². The molecule has 0 spiro atoms. The Hall–Kier alpha value is -3.41. The van der Waals surface area contributed by atoms with Crippen molar-refractivity contribution in [1.82, 2.24) is 15.6 Å². The van der Waals surface area contributed by atoms with E-state index in [-0.39, 0.29) is 34.2 Å². The van der Waals surface area contributed by atoms with Gasteiger partial charge in [0.1, 0.15) is 11.9 Å². The number of esters is 1. The van der Waals surface area contributed by atoms with Crippen LogP contribution in [0.3, 0.4) is 0 Å². The number of nitrogens with zero attached hydrogens (tertiary/aromatic N) is 1. The molecule has 1 fully saturated rings. The Bertz CT molecular complexity index is 1430. The van der Waals surface area contributed by atoms with Gasteiger partial charge in [0.25, 0.3) is 5.91 Å². The number of hydrogen-bond acceptors (Lipinski definition) is 9. The summed E-state index contributed by atoms with van der Waals surface area (Å²) in [6.45, 7) is 4.91. The van der Waals surface area contributed by atoms with Crippen LogP contribution in [0.25, 0.3) is 0 Å². The van der Waals surface area contributed by atoms with Crippen LogP contribution >= 0.6 is 23.5 Å². The summed E-state index contributed by atoms with van der Waals surface area (Å²) in [6, 6.07) is 15.0. The minimum absolute atomic E-state index is 0.0171. The Morgan fingerprint density at radius 3 is 2.62 bits per heavy atom. The van der Waals surface area contributed by atoms with Crippen LogP contribution < -0.4 is 16.0 Å². The summed E-state index contributed by atoms with van der Waals surface area (Å²) in [6.07, 6.45) is 7.37. The lowest BCUT2D eigenvalue weighted by Crippen LogP contribution is -2.43. The van der Waals surface area contributed by atoms with Crippen LogP contribution in [0.15, 0.2) is 67.0 Å². The normalized spacial score (nSPS) is 16.7. The van der Waals surface area contributed by atoms with E-state index in [0.29, 0.717) is 42.7 Å². The Kier molecular flexibility index (Phi) is 13.3. The van der Waals surface area contributed by atoms with Crippen LogP contribution in [-0.4, -0.2) is 70.5 Å². The number of rotatable bonds is 15. The third-order valence-corrected chi connectivity index (χ3v) is 9.19. The molecule has 1 aliphatic heterocycles. The molecule has 3 aromatic rings. The number of aryl methyl sites for hydroxylation is 2. The van der Waals surface area contributed by atoms with Crippen molar-refractivity contribution < 1.29 is 23.5 Å². The van der Waals surface area contributed by atoms with E-state index >= 15 is 0 Å². The molecule has 45 heavy (non-hydrogen) atoms. The van der Waals surface area contributed by atoms with E-state index in [2.05, 4.69) is 20.9 Å². The minimum Gasteiger partial charge on any atom is -0.461 e. The number of amides is 1. The fourth-order valence-corrected chi connectivity index (χ4v) is 6.59. The summed E-state index contributed by atoms with van der Waals surface area (Å²) in [5.74, 6) is -0.389. The highest BCUT2D eigenvalue weighted by Crippen LogP contribution is 2.26. The molecule has 1 aliphatic rings. The molecule has 0 saturated carbocycles. The van der Waals surface area contributed by atoms with E-state index in [1.807, 2.05) is 24.5 Å². The van der Waals surface area contributed by atoms with Crippen molar-refractivity contribution in [3.8, 4) is 0 Å². The first kappa shape index (κ1) is 34.5. The van der Waals surface area contributed by atoms with E-state index in [1.54, 1.807) is 62.3 Å². The SMILES string of the molecule is CSCC[C@H](NC(=O)c1cc(NCC2CC(SC(=O)c3cccnc3)CN2)ccc1CCc1ccc(F)cc1)C(=O)OC(C)C. The molecule has 1 aromatic heterocycles. The van der Waals surface area contributed by atoms with Crippen LogP contribution in [0.2, 0.25) is 0 Å². The quantitative estimate of drug-likeness (QED) is 0.183. The number of thioether (sulfide) groups is 2. The maximum atomic E-state index is 13.7. The second-order valence-electron chi connectivity index (χ2n) is 11.3. The molecule has 0 bridgehead atoms. The molecule has 8 nitrogen and oxygen atoms in total. The number of halogens is 1. The van der Waals surface area contributed by atoms with E-state index in [4.69, 9.17) is 4.74 Å². The van der Waals surface area contributed by atoms with Crippen molar-refractivity contribution in [3.05, 3.63) is 95.1 Å². The van der Waals surface area contributed by atoms with Gasteiger partial charge >= 0.3 is 5.97 Å². The Morgan fingerprint density at radius 1 is 1.11 bits per heavy atom. The average molecular weight is 653 g/mol. The van der Waals surface area contributed by atoms with E-state index in [0.717, 1.165) is 29.8 Å². The summed E-state index contributed by atoms with van der Waals surface area (Å²) in [5.41, 5.74) is 3.64. The van der Waals surface area contributed by atoms with Gasteiger partial charge in [-0.2, -0.15) is 11.8 Å². The molecular formula is C34H41FN4O4S2. The number of nitrogens with one attached hydrogen (secondary N) is 3. The molecule has 2 heterocycles. The number of ether oxygens (including phenoxy) is 1. The van der Waals surface area contributed by atoms with Crippen molar-refractivity contribution in [1.29, 1.82) is 0 Å². The molecule has 4 rings (SSSR count). The second kappa shape index (κ2) is 17.3. The maximum Gasteiger partial charge on any atom is 0.328 e. The van der Waals surface area contributed by atoms with Gasteiger partial charge in [0.2, 0.25) is 5.12 Å². The van der Waals surface area contributed by atoms with Crippen molar-refractivity contribution >= 4 is 46.2 Å². The number of carbonyl (C=O) groups excluding carboxylic acids is 3. The fraction of sp³-hybridized carbons (Fsp3) is 0.412. The van der Waals surface area contributed by atoms with Crippen molar-refractivity contribution in [3.63, 3.8) is 0 Å². The zero-order valence-electron chi connectivity index (χ0n) is 25.9. The highest BCUT2D eigenvalue weighted by Gasteiger charge is 2.28. The Morgan fingerprint density at radius 2 is 1.91 bits per heavy atom. The van der Waals surface area contributed by atoms with Crippen molar-refractivity contribution in [2.24, 2.45) is 0 Å². The van der Waals surface area contributed by atoms with Crippen molar-refractivity contribution in [2.45, 2.75) is 63.0 Å². The molecule has 3 atom stereocenters. The highest BCUT2D eigenvalue weighted by molar-refractivity contribution is 8.14. The smallest absolute Gasteiger partial charge is 0.328 e. The molecule has 1 amide bonds. The average Bonchev–Trinajstić information content (AvgIpc) is 3.49. The van der Waals surface area contributed by atoms with E-state index in [1.165, 1.54) is 23.9 Å². The molecule has 0 radical (unpaired) electrons. The largest absolute Gasteiger partial charge is 0.461 e. The van der Waals surface area contributed by atoms with Crippen LogP contribution in [0.1, 0.15) is 58.5 Å². The summed E-state index contributed by atoms with van der Waals surface area (Å²) >= 11 is 2.93. The standard InChI is InChI=1S/C34H41FN4O4S2/c1-22(2)43-33(41)31(14-16-44-3)39-32(40)30-18-27(13-10-24(30)9-6-23-7-11-26(35)12-8-23)37-20-28-17-29(21-38-28)45-34(42)25-5-4-15-36-19-25/h4-5,7-8,10-13,15,18-19,22,28-29,31,37-38H,6,9,14,16-17,20-21H2,1-3H3,(H,39,40)/t28?,29?,31-/m0/s1. The Labute approximate surface area is 273 Å². The zero-order valence-corrected chi connectivity index (χ0v) is 27.5. The van der Waals surface area contributed by atoms with Crippen LogP contribution in [0.4, 0.5) is 10.1 Å². The molecule has 2 unspecified atom stereocenters. The van der Waals surface area contributed by atoms with Gasteiger partial charge in [-0.05, 0) is 99.1 Å². The van der Waals surface area contributed by atoms with Gasteiger partial charge in [-0.1, -0.05) is 30.0 Å².